The number of para-hydroxylation sites is 1. The fourth-order valence-corrected chi connectivity index (χ4v) is 2.93. The van der Waals surface area contributed by atoms with Crippen LogP contribution < -0.4 is 5.32 Å². The average molecular weight is 376 g/mol. The fourth-order valence-electron chi connectivity index (χ4n) is 2.57. The van der Waals surface area contributed by atoms with Gasteiger partial charge in [0.1, 0.15) is 5.82 Å². The Morgan fingerprint density at radius 3 is 2.21 bits per heavy atom. The summed E-state index contributed by atoms with van der Waals surface area (Å²) in [6, 6.07) is 26.1. The summed E-state index contributed by atoms with van der Waals surface area (Å²) >= 11 is 3.53. The molecule has 1 N–H and O–H groups in total. The number of hydrogen-bond acceptors (Lipinski definition) is 3. The average Bonchev–Trinajstić information content (AvgIpc) is 2.63. The molecule has 4 heteroatoms. The maximum atomic E-state index is 4.76. The molecular formula is C20H14BrN3. The Bertz CT molecular complexity index is 986. The van der Waals surface area contributed by atoms with E-state index in [1.165, 1.54) is 0 Å². The van der Waals surface area contributed by atoms with E-state index in [-0.39, 0.29) is 0 Å². The highest BCUT2D eigenvalue weighted by molar-refractivity contribution is 9.10. The molecule has 3 nitrogen and oxygen atoms in total. The van der Waals surface area contributed by atoms with Gasteiger partial charge >= 0.3 is 0 Å². The first kappa shape index (κ1) is 14.8. The van der Waals surface area contributed by atoms with Crippen molar-refractivity contribution in [3.63, 3.8) is 0 Å². The van der Waals surface area contributed by atoms with E-state index in [4.69, 9.17) is 9.97 Å². The van der Waals surface area contributed by atoms with Gasteiger partial charge < -0.3 is 5.32 Å². The highest BCUT2D eigenvalue weighted by Crippen LogP contribution is 2.29. The number of nitrogens with zero attached hydrogens (tertiary/aromatic N) is 2. The van der Waals surface area contributed by atoms with Crippen molar-refractivity contribution in [1.82, 2.24) is 9.97 Å². The molecular weight excluding hydrogens is 362 g/mol. The number of nitrogens with one attached hydrogen (secondary N) is 1. The Hall–Kier alpha value is -2.72. The molecule has 0 aliphatic heterocycles. The Kier molecular flexibility index (Phi) is 3.97. The molecule has 0 aliphatic rings. The highest BCUT2D eigenvalue weighted by atomic mass is 79.9. The van der Waals surface area contributed by atoms with Gasteiger partial charge in [0, 0.05) is 21.1 Å². The molecule has 24 heavy (non-hydrogen) atoms. The van der Waals surface area contributed by atoms with Crippen LogP contribution in [-0.2, 0) is 0 Å². The molecule has 116 valence electrons. The van der Waals surface area contributed by atoms with Crippen LogP contribution in [0.25, 0.3) is 22.3 Å². The number of aromatic nitrogens is 2. The van der Waals surface area contributed by atoms with Gasteiger partial charge in [-0.2, -0.15) is 0 Å². The Balaban J connectivity index is 1.90. The van der Waals surface area contributed by atoms with E-state index in [1.54, 1.807) is 0 Å². The van der Waals surface area contributed by atoms with Crippen molar-refractivity contribution in [2.45, 2.75) is 0 Å². The first-order valence-corrected chi connectivity index (χ1v) is 8.44. The quantitative estimate of drug-likeness (QED) is 0.491. The van der Waals surface area contributed by atoms with Crippen molar-refractivity contribution < 1.29 is 0 Å². The van der Waals surface area contributed by atoms with E-state index in [1.807, 2.05) is 78.9 Å². The summed E-state index contributed by atoms with van der Waals surface area (Å²) < 4.78 is 1.00. The normalized spacial score (nSPS) is 10.7. The standard InChI is InChI=1S/C20H14BrN3/c21-15-11-12-18-17(13-15)20(22-16-9-5-2-6-10-16)24-19(23-18)14-7-3-1-4-8-14/h1-13H,(H,22,23,24). The van der Waals surface area contributed by atoms with Gasteiger partial charge in [-0.05, 0) is 30.3 Å². The lowest BCUT2D eigenvalue weighted by atomic mass is 10.2. The van der Waals surface area contributed by atoms with Gasteiger partial charge in [0.05, 0.1) is 5.52 Å². The monoisotopic (exact) mass is 375 g/mol. The van der Waals surface area contributed by atoms with Crippen LogP contribution in [0, 0.1) is 0 Å². The lowest BCUT2D eigenvalue weighted by molar-refractivity contribution is 1.22. The minimum atomic E-state index is 0.712. The first-order chi connectivity index (χ1) is 11.8. The van der Waals surface area contributed by atoms with Crippen molar-refractivity contribution in [3.8, 4) is 11.4 Å². The van der Waals surface area contributed by atoms with E-state index in [0.29, 0.717) is 5.82 Å². The topological polar surface area (TPSA) is 37.8 Å². The van der Waals surface area contributed by atoms with Crippen molar-refractivity contribution in [3.05, 3.63) is 83.3 Å². The first-order valence-electron chi connectivity index (χ1n) is 7.64. The van der Waals surface area contributed by atoms with Crippen LogP contribution in [-0.4, -0.2) is 9.97 Å². The Morgan fingerprint density at radius 2 is 1.46 bits per heavy atom. The molecule has 0 spiro atoms. The molecule has 4 aromatic rings. The van der Waals surface area contributed by atoms with Gasteiger partial charge in [0.2, 0.25) is 0 Å². The summed E-state index contributed by atoms with van der Waals surface area (Å²) in [4.78, 5) is 9.48. The number of rotatable bonds is 3. The van der Waals surface area contributed by atoms with E-state index in [9.17, 15) is 0 Å². The predicted octanol–water partition coefficient (Wildman–Crippen LogP) is 5.80. The van der Waals surface area contributed by atoms with Crippen molar-refractivity contribution in [2.24, 2.45) is 0 Å². The van der Waals surface area contributed by atoms with E-state index in [2.05, 4.69) is 21.2 Å². The van der Waals surface area contributed by atoms with Crippen LogP contribution in [0.2, 0.25) is 0 Å². The lowest BCUT2D eigenvalue weighted by Gasteiger charge is -2.11. The van der Waals surface area contributed by atoms with Crippen molar-refractivity contribution in [2.75, 3.05) is 5.32 Å². The van der Waals surface area contributed by atoms with Gasteiger partial charge in [-0.3, -0.25) is 0 Å². The molecule has 0 unspecified atom stereocenters. The maximum Gasteiger partial charge on any atom is 0.162 e. The molecule has 0 saturated heterocycles. The third-order valence-electron chi connectivity index (χ3n) is 3.73. The second-order valence-electron chi connectivity index (χ2n) is 5.41. The van der Waals surface area contributed by atoms with Gasteiger partial charge in [-0.15, -0.1) is 0 Å². The molecule has 0 bridgehead atoms. The second kappa shape index (κ2) is 6.42. The zero-order valence-electron chi connectivity index (χ0n) is 12.8. The third-order valence-corrected chi connectivity index (χ3v) is 4.22. The van der Waals surface area contributed by atoms with Gasteiger partial charge in [0.25, 0.3) is 0 Å². The molecule has 0 fully saturated rings. The Labute approximate surface area is 148 Å². The van der Waals surface area contributed by atoms with Crippen LogP contribution in [0.4, 0.5) is 11.5 Å². The molecule has 0 aliphatic carbocycles. The van der Waals surface area contributed by atoms with Crippen LogP contribution in [0.15, 0.2) is 83.3 Å². The summed E-state index contributed by atoms with van der Waals surface area (Å²) in [5.41, 5.74) is 2.90. The van der Waals surface area contributed by atoms with E-state index < -0.39 is 0 Å². The van der Waals surface area contributed by atoms with Crippen molar-refractivity contribution >= 4 is 38.3 Å². The lowest BCUT2D eigenvalue weighted by Crippen LogP contribution is -1.99. The number of hydrogen-bond donors (Lipinski definition) is 1. The smallest absolute Gasteiger partial charge is 0.162 e. The largest absolute Gasteiger partial charge is 0.340 e. The molecule has 0 radical (unpaired) electrons. The summed E-state index contributed by atoms with van der Waals surface area (Å²) in [6.07, 6.45) is 0. The van der Waals surface area contributed by atoms with Crippen molar-refractivity contribution in [1.29, 1.82) is 0 Å². The minimum absolute atomic E-state index is 0.712. The summed E-state index contributed by atoms with van der Waals surface area (Å²) in [7, 11) is 0. The molecule has 0 saturated carbocycles. The van der Waals surface area contributed by atoms with E-state index in [0.717, 1.165) is 32.4 Å². The fraction of sp³-hybridized carbons (Fsp3) is 0. The Morgan fingerprint density at radius 1 is 0.750 bits per heavy atom. The van der Waals surface area contributed by atoms with Gasteiger partial charge in [0.15, 0.2) is 5.82 Å². The molecule has 1 aromatic heterocycles. The van der Waals surface area contributed by atoms with Crippen LogP contribution in [0.1, 0.15) is 0 Å². The second-order valence-corrected chi connectivity index (χ2v) is 6.33. The van der Waals surface area contributed by atoms with E-state index >= 15 is 0 Å². The molecule has 0 atom stereocenters. The SMILES string of the molecule is Brc1ccc2nc(-c3ccccc3)nc(Nc3ccccc3)c2c1. The summed E-state index contributed by atoms with van der Waals surface area (Å²) in [6.45, 7) is 0. The van der Waals surface area contributed by atoms with Crippen LogP contribution in [0.3, 0.4) is 0 Å². The highest BCUT2D eigenvalue weighted by Gasteiger charge is 2.10. The molecule has 1 heterocycles. The van der Waals surface area contributed by atoms with Crippen LogP contribution in [0.5, 0.6) is 0 Å². The summed E-state index contributed by atoms with van der Waals surface area (Å²) in [5.74, 6) is 1.51. The number of anilines is 2. The van der Waals surface area contributed by atoms with Crippen LogP contribution >= 0.6 is 15.9 Å². The third kappa shape index (κ3) is 3.01. The molecule has 4 rings (SSSR count). The minimum Gasteiger partial charge on any atom is -0.340 e. The number of fused-ring (bicyclic) bond motifs is 1. The zero-order chi connectivity index (χ0) is 16.4. The molecule has 3 aromatic carbocycles. The number of benzene rings is 3. The van der Waals surface area contributed by atoms with Gasteiger partial charge in [-0.1, -0.05) is 64.5 Å². The van der Waals surface area contributed by atoms with Gasteiger partial charge in [-0.25, -0.2) is 9.97 Å². The zero-order valence-corrected chi connectivity index (χ0v) is 14.4. The number of halogens is 1. The maximum absolute atomic E-state index is 4.76. The predicted molar refractivity (Wildman–Crippen MR) is 102 cm³/mol. The molecule has 0 amide bonds. The summed E-state index contributed by atoms with van der Waals surface area (Å²) in [5, 5.41) is 4.39.